The van der Waals surface area contributed by atoms with Crippen molar-refractivity contribution in [2.24, 2.45) is 0 Å². The summed E-state index contributed by atoms with van der Waals surface area (Å²) in [5, 5.41) is 2.56. The largest absolute Gasteiger partial charge is 0.436 e. The highest BCUT2D eigenvalue weighted by Gasteiger charge is 2.18. The smallest absolute Gasteiger partial charge is 0.293 e. The van der Waals surface area contributed by atoms with E-state index in [1.807, 2.05) is 0 Å². The minimum Gasteiger partial charge on any atom is -0.436 e. The number of hydrogen-bond donors (Lipinski definition) is 1. The van der Waals surface area contributed by atoms with Gasteiger partial charge in [0, 0.05) is 17.6 Å². The van der Waals surface area contributed by atoms with Gasteiger partial charge in [0.1, 0.15) is 0 Å². The number of aromatic nitrogens is 1. The Labute approximate surface area is 130 Å². The summed E-state index contributed by atoms with van der Waals surface area (Å²) in [6.45, 7) is 3.26. The second kappa shape index (κ2) is 5.67. The third kappa shape index (κ3) is 3.55. The van der Waals surface area contributed by atoms with Gasteiger partial charge in [-0.05, 0) is 25.1 Å². The minimum absolute atomic E-state index is 0.0407. The Morgan fingerprint density at radius 3 is 2.48 bits per heavy atom. The standard InChI is InChI=1S/C12H10Cl2N2O4S/c1-6-11(20-7(2)15-6)12(17)16-10-4-3-8(5-9(10)13)21(14,18)19/h3-5H,1-2H3,(H,16,17). The first-order valence-corrected chi connectivity index (χ1v) is 8.37. The summed E-state index contributed by atoms with van der Waals surface area (Å²) in [4.78, 5) is 15.9. The number of benzene rings is 1. The van der Waals surface area contributed by atoms with E-state index in [2.05, 4.69) is 10.3 Å². The van der Waals surface area contributed by atoms with Gasteiger partial charge in [0.25, 0.3) is 15.0 Å². The van der Waals surface area contributed by atoms with Gasteiger partial charge in [-0.15, -0.1) is 0 Å². The lowest BCUT2D eigenvalue weighted by Crippen LogP contribution is -2.12. The number of oxazole rings is 1. The van der Waals surface area contributed by atoms with Gasteiger partial charge in [0.15, 0.2) is 5.89 Å². The third-order valence-corrected chi connectivity index (χ3v) is 4.24. The van der Waals surface area contributed by atoms with E-state index in [-0.39, 0.29) is 21.4 Å². The molecule has 0 spiro atoms. The molecule has 0 saturated carbocycles. The molecule has 0 fully saturated rings. The van der Waals surface area contributed by atoms with Crippen LogP contribution < -0.4 is 5.32 Å². The van der Waals surface area contributed by atoms with E-state index in [1.165, 1.54) is 12.1 Å². The molecule has 0 saturated heterocycles. The van der Waals surface area contributed by atoms with E-state index < -0.39 is 15.0 Å². The zero-order valence-electron chi connectivity index (χ0n) is 11.0. The fourth-order valence-electron chi connectivity index (χ4n) is 1.67. The van der Waals surface area contributed by atoms with Gasteiger partial charge in [-0.25, -0.2) is 13.4 Å². The van der Waals surface area contributed by atoms with Crippen LogP contribution in [0.25, 0.3) is 0 Å². The van der Waals surface area contributed by atoms with Gasteiger partial charge in [0.2, 0.25) is 5.76 Å². The Bertz CT molecular complexity index is 815. The van der Waals surface area contributed by atoms with Crippen LogP contribution >= 0.6 is 22.3 Å². The highest BCUT2D eigenvalue weighted by atomic mass is 35.7. The zero-order valence-corrected chi connectivity index (χ0v) is 13.3. The zero-order chi connectivity index (χ0) is 15.8. The average molecular weight is 349 g/mol. The Kier molecular flexibility index (Phi) is 4.27. The van der Waals surface area contributed by atoms with Crippen molar-refractivity contribution in [3.8, 4) is 0 Å². The number of halogens is 2. The minimum atomic E-state index is -3.88. The molecule has 1 aromatic carbocycles. The molecule has 6 nitrogen and oxygen atoms in total. The molecule has 1 heterocycles. The molecule has 21 heavy (non-hydrogen) atoms. The van der Waals surface area contributed by atoms with Crippen LogP contribution in [0.4, 0.5) is 5.69 Å². The Hall–Kier alpha value is -1.57. The molecular formula is C12H10Cl2N2O4S. The molecule has 1 aromatic heterocycles. The number of anilines is 1. The molecule has 0 bridgehead atoms. The monoisotopic (exact) mass is 348 g/mol. The van der Waals surface area contributed by atoms with Crippen molar-refractivity contribution in [3.63, 3.8) is 0 Å². The molecule has 0 aliphatic carbocycles. The van der Waals surface area contributed by atoms with Crippen molar-refractivity contribution in [2.45, 2.75) is 18.7 Å². The van der Waals surface area contributed by atoms with Crippen molar-refractivity contribution < 1.29 is 17.6 Å². The van der Waals surface area contributed by atoms with Gasteiger partial charge in [-0.3, -0.25) is 4.79 Å². The second-order valence-corrected chi connectivity index (χ2v) is 7.15. The number of amides is 1. The summed E-state index contributed by atoms with van der Waals surface area (Å²) in [6, 6.07) is 3.73. The molecule has 0 radical (unpaired) electrons. The molecule has 9 heteroatoms. The molecular weight excluding hydrogens is 339 g/mol. The van der Waals surface area contributed by atoms with E-state index in [4.69, 9.17) is 26.7 Å². The maximum Gasteiger partial charge on any atom is 0.293 e. The van der Waals surface area contributed by atoms with Crippen molar-refractivity contribution in [1.29, 1.82) is 0 Å². The Balaban J connectivity index is 2.28. The average Bonchev–Trinajstić information content (AvgIpc) is 2.69. The van der Waals surface area contributed by atoms with Crippen LogP contribution in [0.1, 0.15) is 22.1 Å². The van der Waals surface area contributed by atoms with Crippen LogP contribution in [0.15, 0.2) is 27.5 Å². The molecule has 0 aliphatic heterocycles. The quantitative estimate of drug-likeness (QED) is 0.860. The normalized spacial score (nSPS) is 11.4. The number of carbonyl (C=O) groups excluding carboxylic acids is 1. The maximum atomic E-state index is 12.0. The first kappa shape index (κ1) is 15.8. The highest BCUT2D eigenvalue weighted by Crippen LogP contribution is 2.27. The summed E-state index contributed by atoms with van der Waals surface area (Å²) >= 11 is 5.93. The number of nitrogens with zero attached hydrogens (tertiary/aromatic N) is 1. The van der Waals surface area contributed by atoms with Crippen LogP contribution in [0.2, 0.25) is 5.02 Å². The predicted molar refractivity (Wildman–Crippen MR) is 78.4 cm³/mol. The Morgan fingerprint density at radius 2 is 2.00 bits per heavy atom. The predicted octanol–water partition coefficient (Wildman–Crippen LogP) is 3.12. The number of hydrogen-bond acceptors (Lipinski definition) is 5. The van der Waals surface area contributed by atoms with Gasteiger partial charge in [-0.2, -0.15) is 0 Å². The molecule has 0 aliphatic rings. The maximum absolute atomic E-state index is 12.0. The van der Waals surface area contributed by atoms with Gasteiger partial charge >= 0.3 is 0 Å². The van der Waals surface area contributed by atoms with Gasteiger partial charge in [0.05, 0.1) is 21.3 Å². The van der Waals surface area contributed by atoms with Crippen molar-refractivity contribution >= 4 is 42.9 Å². The summed E-state index contributed by atoms with van der Waals surface area (Å²) in [5.74, 6) is -0.0959. The van der Waals surface area contributed by atoms with Crippen LogP contribution in [0.3, 0.4) is 0 Å². The van der Waals surface area contributed by atoms with E-state index in [1.54, 1.807) is 13.8 Å². The van der Waals surface area contributed by atoms with Crippen molar-refractivity contribution in [3.05, 3.63) is 40.6 Å². The SMILES string of the molecule is Cc1nc(C)c(C(=O)Nc2ccc(S(=O)(=O)Cl)cc2Cl)o1. The molecule has 112 valence electrons. The molecule has 1 N–H and O–H groups in total. The summed E-state index contributed by atoms with van der Waals surface area (Å²) in [5.41, 5.74) is 0.681. The lowest BCUT2D eigenvalue weighted by Gasteiger charge is -2.07. The number of aryl methyl sites for hydroxylation is 2. The van der Waals surface area contributed by atoms with Crippen molar-refractivity contribution in [2.75, 3.05) is 5.32 Å². The number of carbonyl (C=O) groups is 1. The van der Waals surface area contributed by atoms with Gasteiger partial charge in [-0.1, -0.05) is 11.6 Å². The van der Waals surface area contributed by atoms with Crippen LogP contribution in [0, 0.1) is 13.8 Å². The fraction of sp³-hybridized carbons (Fsp3) is 0.167. The molecule has 2 rings (SSSR count). The first-order chi connectivity index (χ1) is 9.68. The summed E-state index contributed by atoms with van der Waals surface area (Å²) in [6.07, 6.45) is 0. The molecule has 1 amide bonds. The third-order valence-electron chi connectivity index (χ3n) is 2.58. The summed E-state index contributed by atoms with van der Waals surface area (Å²) in [7, 11) is 1.33. The van der Waals surface area contributed by atoms with Gasteiger partial charge < -0.3 is 9.73 Å². The number of rotatable bonds is 3. The van der Waals surface area contributed by atoms with Crippen LogP contribution in [-0.2, 0) is 9.05 Å². The summed E-state index contributed by atoms with van der Waals surface area (Å²) < 4.78 is 27.6. The van der Waals surface area contributed by atoms with E-state index in [9.17, 15) is 13.2 Å². The van der Waals surface area contributed by atoms with E-state index >= 15 is 0 Å². The van der Waals surface area contributed by atoms with Crippen LogP contribution in [0.5, 0.6) is 0 Å². The molecule has 2 aromatic rings. The van der Waals surface area contributed by atoms with E-state index in [0.29, 0.717) is 11.6 Å². The first-order valence-electron chi connectivity index (χ1n) is 5.68. The van der Waals surface area contributed by atoms with Crippen LogP contribution in [-0.4, -0.2) is 19.3 Å². The topological polar surface area (TPSA) is 89.3 Å². The molecule has 0 atom stereocenters. The van der Waals surface area contributed by atoms with Crippen molar-refractivity contribution in [1.82, 2.24) is 4.98 Å². The van der Waals surface area contributed by atoms with E-state index in [0.717, 1.165) is 6.07 Å². The second-order valence-electron chi connectivity index (χ2n) is 4.18. The number of nitrogens with one attached hydrogen (secondary N) is 1. The fourth-order valence-corrected chi connectivity index (χ4v) is 2.74. The Morgan fingerprint density at radius 1 is 1.33 bits per heavy atom. The highest BCUT2D eigenvalue weighted by molar-refractivity contribution is 8.13. The lowest BCUT2D eigenvalue weighted by molar-refractivity contribution is 0.0994. The lowest BCUT2D eigenvalue weighted by atomic mass is 10.3. The molecule has 0 unspecified atom stereocenters.